The highest BCUT2D eigenvalue weighted by Crippen LogP contribution is 2.35. The summed E-state index contributed by atoms with van der Waals surface area (Å²) < 4.78 is 57.9. The van der Waals surface area contributed by atoms with Crippen molar-refractivity contribution in [2.45, 2.75) is 110 Å². The molecular formula is C37H45N3O18. The molecule has 3 heterocycles. The number of benzene rings is 1. The lowest BCUT2D eigenvalue weighted by molar-refractivity contribution is -0.302. The summed E-state index contributed by atoms with van der Waals surface area (Å²) in [5.74, 6) is -5.85. The number of nitrogens with zero attached hydrogens (tertiary/aromatic N) is 2. The molecule has 1 N–H and O–H groups in total. The summed E-state index contributed by atoms with van der Waals surface area (Å²) >= 11 is 0. The number of nitrogens with one attached hydrogen (secondary N) is 1. The summed E-state index contributed by atoms with van der Waals surface area (Å²) in [4.78, 5) is 105. The molecule has 2 aliphatic heterocycles. The second kappa shape index (κ2) is 20.5. The van der Waals surface area contributed by atoms with Gasteiger partial charge in [-0.3, -0.25) is 38.1 Å². The van der Waals surface area contributed by atoms with Crippen LogP contribution in [0.3, 0.4) is 0 Å². The SMILES string of the molecule is CCOc1ccn([C@@H]2O[C@H](CO[C@@H]3O[C@H](COC(C)=O)[C@@H](OC(C)=O)[C@H](OC(C)=O)[C@H]3NC(=O)c3ccccc3)[C@@H](OC(C)=O)[C@H](OC(C)=O)[C@H]2OC(C)=O)c(=O)n1. The van der Waals surface area contributed by atoms with Gasteiger partial charge in [-0.2, -0.15) is 4.98 Å². The Kier molecular flexibility index (Phi) is 15.8. The van der Waals surface area contributed by atoms with E-state index in [1.54, 1.807) is 25.1 Å². The zero-order chi connectivity index (χ0) is 42.7. The van der Waals surface area contributed by atoms with Crippen LogP contribution in [0.25, 0.3) is 0 Å². The molecule has 0 unspecified atom stereocenters. The molecule has 10 atom stereocenters. The zero-order valence-electron chi connectivity index (χ0n) is 32.7. The number of aromatic nitrogens is 2. The number of esters is 6. The molecule has 21 heteroatoms. The monoisotopic (exact) mass is 819 g/mol. The first-order chi connectivity index (χ1) is 27.5. The first-order valence-electron chi connectivity index (χ1n) is 18.0. The first-order valence-corrected chi connectivity index (χ1v) is 18.0. The smallest absolute Gasteiger partial charge is 0.353 e. The fourth-order valence-electron chi connectivity index (χ4n) is 6.26. The number of amides is 1. The number of carbonyl (C=O) groups excluding carboxylic acids is 7. The van der Waals surface area contributed by atoms with E-state index in [-0.39, 0.29) is 18.1 Å². The van der Waals surface area contributed by atoms with Gasteiger partial charge in [0.15, 0.2) is 43.0 Å². The van der Waals surface area contributed by atoms with E-state index in [1.165, 1.54) is 24.4 Å². The maximum Gasteiger partial charge on any atom is 0.353 e. The van der Waals surface area contributed by atoms with Crippen LogP contribution in [0.5, 0.6) is 5.88 Å². The van der Waals surface area contributed by atoms with Gasteiger partial charge in [0, 0.05) is 59.4 Å². The molecular weight excluding hydrogens is 774 g/mol. The van der Waals surface area contributed by atoms with Crippen molar-refractivity contribution in [2.24, 2.45) is 0 Å². The lowest BCUT2D eigenvalue weighted by Crippen LogP contribution is -2.67. The van der Waals surface area contributed by atoms with Gasteiger partial charge in [-0.25, -0.2) is 4.79 Å². The maximum atomic E-state index is 13.6. The maximum absolute atomic E-state index is 13.6. The number of hydrogen-bond donors (Lipinski definition) is 1. The molecule has 4 rings (SSSR count). The van der Waals surface area contributed by atoms with Crippen molar-refractivity contribution in [2.75, 3.05) is 19.8 Å². The highest BCUT2D eigenvalue weighted by Gasteiger charge is 2.55. The molecule has 0 spiro atoms. The average Bonchev–Trinajstić information content (AvgIpc) is 3.13. The topological polar surface area (TPSA) is 259 Å². The number of ether oxygens (including phenoxy) is 10. The van der Waals surface area contributed by atoms with Crippen molar-refractivity contribution in [3.8, 4) is 5.88 Å². The lowest BCUT2D eigenvalue weighted by Gasteiger charge is -2.47. The van der Waals surface area contributed by atoms with Gasteiger partial charge in [0.05, 0.1) is 13.2 Å². The van der Waals surface area contributed by atoms with Gasteiger partial charge in [0.1, 0.15) is 24.9 Å². The van der Waals surface area contributed by atoms with E-state index in [0.717, 1.165) is 46.1 Å². The third-order valence-electron chi connectivity index (χ3n) is 8.35. The van der Waals surface area contributed by atoms with Gasteiger partial charge in [-0.05, 0) is 19.1 Å². The van der Waals surface area contributed by atoms with Crippen LogP contribution in [-0.2, 0) is 71.4 Å². The van der Waals surface area contributed by atoms with Gasteiger partial charge in [-0.15, -0.1) is 0 Å². The molecule has 0 bridgehead atoms. The Morgan fingerprint density at radius 1 is 0.672 bits per heavy atom. The second-order valence-electron chi connectivity index (χ2n) is 12.9. The van der Waals surface area contributed by atoms with E-state index >= 15 is 0 Å². The summed E-state index contributed by atoms with van der Waals surface area (Å²) in [6.45, 7) is 7.04. The summed E-state index contributed by atoms with van der Waals surface area (Å²) in [7, 11) is 0. The third-order valence-corrected chi connectivity index (χ3v) is 8.35. The predicted octanol–water partition coefficient (Wildman–Crippen LogP) is 0.301. The largest absolute Gasteiger partial charge is 0.478 e. The molecule has 58 heavy (non-hydrogen) atoms. The molecule has 1 aromatic heterocycles. The molecule has 2 saturated heterocycles. The summed E-state index contributed by atoms with van der Waals surface area (Å²) in [5, 5.41) is 2.70. The Bertz CT molecular complexity index is 1870. The van der Waals surface area contributed by atoms with Gasteiger partial charge in [0.2, 0.25) is 5.88 Å². The quantitative estimate of drug-likeness (QED) is 0.187. The van der Waals surface area contributed by atoms with Crippen molar-refractivity contribution < 1.29 is 80.9 Å². The van der Waals surface area contributed by atoms with Crippen LogP contribution in [0.2, 0.25) is 0 Å². The van der Waals surface area contributed by atoms with Crippen LogP contribution in [0.15, 0.2) is 47.4 Å². The Morgan fingerprint density at radius 2 is 1.21 bits per heavy atom. The van der Waals surface area contributed by atoms with E-state index in [9.17, 15) is 38.4 Å². The minimum atomic E-state index is -1.65. The van der Waals surface area contributed by atoms with Crippen LogP contribution in [0, 0.1) is 0 Å². The molecule has 1 aromatic carbocycles. The van der Waals surface area contributed by atoms with Crippen LogP contribution in [0.1, 0.15) is 65.1 Å². The Hall–Kier alpha value is -5.93. The fraction of sp³-hybridized carbons (Fsp3) is 0.541. The van der Waals surface area contributed by atoms with E-state index < -0.39 is 122 Å². The molecule has 2 aliphatic rings. The van der Waals surface area contributed by atoms with E-state index in [4.69, 9.17) is 47.4 Å². The molecule has 2 aromatic rings. The molecule has 2 fully saturated rings. The van der Waals surface area contributed by atoms with Crippen molar-refractivity contribution in [1.82, 2.24) is 14.9 Å². The fourth-order valence-corrected chi connectivity index (χ4v) is 6.26. The number of carbonyl (C=O) groups is 7. The molecule has 316 valence electrons. The minimum Gasteiger partial charge on any atom is -0.478 e. The Labute approximate surface area is 331 Å². The predicted molar refractivity (Wildman–Crippen MR) is 190 cm³/mol. The molecule has 0 radical (unpaired) electrons. The molecule has 0 aliphatic carbocycles. The Balaban J connectivity index is 1.82. The van der Waals surface area contributed by atoms with E-state index in [2.05, 4.69) is 10.3 Å². The second-order valence-corrected chi connectivity index (χ2v) is 12.9. The third kappa shape index (κ3) is 12.0. The van der Waals surface area contributed by atoms with Crippen LogP contribution in [-0.4, -0.2) is 126 Å². The van der Waals surface area contributed by atoms with Crippen LogP contribution in [0.4, 0.5) is 0 Å². The van der Waals surface area contributed by atoms with Gasteiger partial charge in [-0.1, -0.05) is 18.2 Å². The Morgan fingerprint density at radius 3 is 1.76 bits per heavy atom. The van der Waals surface area contributed by atoms with E-state index in [1.807, 2.05) is 0 Å². The van der Waals surface area contributed by atoms with Crippen LogP contribution >= 0.6 is 0 Å². The van der Waals surface area contributed by atoms with Crippen LogP contribution < -0.4 is 15.7 Å². The highest BCUT2D eigenvalue weighted by molar-refractivity contribution is 5.94. The standard InChI is InChI=1S/C37H45N3O18/c1-8-49-27-14-15-40(37(48)38-27)35-33(56-23(7)46)32(55-22(6)45)30(53-20(4)43)25(57-35)17-51-36-28(39-34(47)24-12-10-9-11-13-24)31(54-21(5)44)29(52-19(3)42)26(58-36)16-50-18(2)41/h9-15,25-26,28-33,35-36H,8,16-17H2,1-7H3,(H,39,47)/t25-,26-,28-,29-,30-,31-,32+,33-,35-,36-/m1/s1. The van der Waals surface area contributed by atoms with Gasteiger partial charge in [0.25, 0.3) is 5.91 Å². The van der Waals surface area contributed by atoms with Crippen molar-refractivity contribution in [3.63, 3.8) is 0 Å². The summed E-state index contributed by atoms with van der Waals surface area (Å²) in [5.41, 5.74) is -0.772. The van der Waals surface area contributed by atoms with Crippen molar-refractivity contribution in [3.05, 3.63) is 58.6 Å². The zero-order valence-corrected chi connectivity index (χ0v) is 32.7. The number of rotatable bonds is 15. The average molecular weight is 820 g/mol. The molecule has 1 amide bonds. The first kappa shape index (κ1) is 44.8. The summed E-state index contributed by atoms with van der Waals surface area (Å²) in [6, 6.07) is 7.72. The minimum absolute atomic E-state index is 0.0338. The highest BCUT2D eigenvalue weighted by atomic mass is 16.7. The number of hydrogen-bond acceptors (Lipinski definition) is 19. The van der Waals surface area contributed by atoms with Gasteiger partial charge < -0.3 is 52.7 Å². The van der Waals surface area contributed by atoms with E-state index in [0.29, 0.717) is 0 Å². The van der Waals surface area contributed by atoms with Crippen molar-refractivity contribution in [1.29, 1.82) is 0 Å². The summed E-state index contributed by atoms with van der Waals surface area (Å²) in [6.07, 6.45) is -12.7. The van der Waals surface area contributed by atoms with Crippen molar-refractivity contribution >= 4 is 41.7 Å². The molecule has 0 saturated carbocycles. The lowest BCUT2D eigenvalue weighted by atomic mass is 9.95. The normalized spacial score (nSPS) is 26.5. The van der Waals surface area contributed by atoms with Gasteiger partial charge >= 0.3 is 41.5 Å². The molecule has 21 nitrogen and oxygen atoms in total.